The van der Waals surface area contributed by atoms with Crippen molar-refractivity contribution in [3.05, 3.63) is 47.5 Å². The zero-order valence-electron chi connectivity index (χ0n) is 42.6. The minimum Gasteiger partial charge on any atom is -0.493 e. The first-order chi connectivity index (χ1) is 27.9. The van der Waals surface area contributed by atoms with Crippen LogP contribution in [0, 0.1) is 44.8 Å². The minimum atomic E-state index is -0.498. The van der Waals surface area contributed by atoms with Gasteiger partial charge in [-0.25, -0.2) is 0 Å². The molecule has 2 heterocycles. The number of likely N-dealkylation sites (tertiary alicyclic amines) is 1. The highest BCUT2D eigenvalue weighted by Gasteiger charge is 2.45. The monoisotopic (exact) mass is 852 g/mol. The number of hydrogen-bond donors (Lipinski definition) is 0. The van der Waals surface area contributed by atoms with Gasteiger partial charge >= 0.3 is 0 Å². The summed E-state index contributed by atoms with van der Waals surface area (Å²) in [6.07, 6.45) is 6.57. The Balaban J connectivity index is 0.000000407. The van der Waals surface area contributed by atoms with Crippen molar-refractivity contribution in [1.82, 2.24) is 4.90 Å². The third kappa shape index (κ3) is 20.9. The molecule has 2 aromatic carbocycles. The van der Waals surface area contributed by atoms with Crippen molar-refractivity contribution in [2.24, 2.45) is 44.8 Å². The number of rotatable bonds is 12. The molecule has 348 valence electrons. The van der Waals surface area contributed by atoms with Crippen molar-refractivity contribution in [1.29, 1.82) is 0 Å². The molecule has 2 unspecified atom stereocenters. The Hall–Kier alpha value is -3.55. The van der Waals surface area contributed by atoms with Gasteiger partial charge in [0.05, 0.1) is 19.6 Å². The molecule has 1 fully saturated rings. The number of carbonyl (C=O) groups excluding carboxylic acids is 3. The van der Waals surface area contributed by atoms with Crippen molar-refractivity contribution >= 4 is 17.6 Å². The predicted octanol–water partition coefficient (Wildman–Crippen LogP) is 13.2. The Bertz CT molecular complexity index is 1660. The Morgan fingerprint density at radius 1 is 0.705 bits per heavy atom. The summed E-state index contributed by atoms with van der Waals surface area (Å²) in [5, 5.41) is 0. The summed E-state index contributed by atoms with van der Waals surface area (Å²) >= 11 is 0. The highest BCUT2D eigenvalue weighted by atomic mass is 16.6. The summed E-state index contributed by atoms with van der Waals surface area (Å²) in [5.41, 5.74) is 2.89. The van der Waals surface area contributed by atoms with Crippen LogP contribution in [0.1, 0.15) is 168 Å². The van der Waals surface area contributed by atoms with Crippen LogP contribution in [-0.4, -0.2) is 56.5 Å². The van der Waals surface area contributed by atoms with Gasteiger partial charge in [0.25, 0.3) is 0 Å². The summed E-state index contributed by atoms with van der Waals surface area (Å²) in [4.78, 5) is 37.2. The van der Waals surface area contributed by atoms with Crippen LogP contribution in [0.3, 0.4) is 0 Å². The Morgan fingerprint density at radius 3 is 1.66 bits per heavy atom. The van der Waals surface area contributed by atoms with Gasteiger partial charge in [-0.3, -0.25) is 19.3 Å². The van der Waals surface area contributed by atoms with Gasteiger partial charge < -0.3 is 18.9 Å². The first kappa shape index (κ1) is 55.5. The molecule has 0 aliphatic carbocycles. The van der Waals surface area contributed by atoms with Crippen LogP contribution in [0.15, 0.2) is 36.4 Å². The summed E-state index contributed by atoms with van der Waals surface area (Å²) in [6.45, 7) is 40.3. The molecule has 0 spiro atoms. The van der Waals surface area contributed by atoms with E-state index >= 15 is 0 Å². The van der Waals surface area contributed by atoms with E-state index in [2.05, 4.69) is 114 Å². The number of fused-ring (bicyclic) bond motifs is 1. The first-order valence-electron chi connectivity index (χ1n) is 22.8. The highest BCUT2D eigenvalue weighted by Crippen LogP contribution is 2.35. The lowest BCUT2D eigenvalue weighted by Crippen LogP contribution is -2.38. The fourth-order valence-electron chi connectivity index (χ4n) is 7.37. The number of Topliss-reactive ketones (excluding diaryl/α,β-unsaturated/α-hetero) is 1. The molecule has 0 bridgehead atoms. The molecule has 2 aromatic rings. The average molecular weight is 852 g/mol. The smallest absolute Gasteiger partial charge is 0.235 e. The van der Waals surface area contributed by atoms with E-state index in [0.717, 1.165) is 48.7 Å². The second-order valence-electron chi connectivity index (χ2n) is 22.9. The van der Waals surface area contributed by atoms with E-state index in [1.54, 1.807) is 14.2 Å². The zero-order chi connectivity index (χ0) is 47.1. The van der Waals surface area contributed by atoms with E-state index < -0.39 is 5.41 Å². The van der Waals surface area contributed by atoms with Crippen molar-refractivity contribution in [2.45, 2.75) is 170 Å². The molecule has 0 N–H and O–H groups in total. The van der Waals surface area contributed by atoms with E-state index in [1.165, 1.54) is 22.4 Å². The topological polar surface area (TPSA) is 91.4 Å². The van der Waals surface area contributed by atoms with Gasteiger partial charge in [0.1, 0.15) is 19.0 Å². The van der Waals surface area contributed by atoms with Gasteiger partial charge in [-0.2, -0.15) is 0 Å². The predicted molar refractivity (Wildman–Crippen MR) is 254 cm³/mol. The lowest BCUT2D eigenvalue weighted by atomic mass is 9.74. The van der Waals surface area contributed by atoms with Crippen LogP contribution < -0.4 is 18.9 Å². The van der Waals surface area contributed by atoms with Crippen LogP contribution in [0.5, 0.6) is 23.0 Å². The van der Waals surface area contributed by atoms with Crippen molar-refractivity contribution in [3.8, 4) is 23.0 Å². The standard InChI is InChI=1S/C15H30O.C14H22O2.C13H18O2.C11H19NO2/c1-8-11(3)14(12(4)9-2)13(16)10-15(5,6)7;1-14(2,3)9-8-11-6-7-12(15-4)13(10-11)16-5;1-13(2,3)9-10-4-5-11-12(8-10)15-7-6-14-11;1-10(2,3)7-12-8(13)6-11(4,5)9(12)14/h11-12,14H,8-10H2,1-7H3;6-7,10H,8-9H2,1-5H3;4-5,8H,6-7,9H2,1-3H3;6-7H2,1-5H3. The molecule has 2 aliphatic heterocycles. The number of aryl methyl sites for hydroxylation is 1. The third-order valence-electron chi connectivity index (χ3n) is 10.9. The number of benzene rings is 2. The van der Waals surface area contributed by atoms with E-state index in [0.29, 0.717) is 61.0 Å². The van der Waals surface area contributed by atoms with E-state index in [4.69, 9.17) is 18.9 Å². The number of methoxy groups -OCH3 is 2. The molecule has 4 rings (SSSR count). The highest BCUT2D eigenvalue weighted by molar-refractivity contribution is 6.05. The second-order valence-corrected chi connectivity index (χ2v) is 22.9. The van der Waals surface area contributed by atoms with Gasteiger partial charge in [-0.15, -0.1) is 0 Å². The normalized spacial score (nSPS) is 16.4. The lowest BCUT2D eigenvalue weighted by molar-refractivity contribution is -0.142. The Morgan fingerprint density at radius 2 is 1.23 bits per heavy atom. The Labute approximate surface area is 373 Å². The molecule has 1 saturated heterocycles. The van der Waals surface area contributed by atoms with Crippen LogP contribution in [0.25, 0.3) is 0 Å². The van der Waals surface area contributed by atoms with E-state index in [9.17, 15) is 14.4 Å². The van der Waals surface area contributed by atoms with Gasteiger partial charge in [-0.1, -0.05) is 150 Å². The number of carbonyl (C=O) groups is 3. The maximum Gasteiger partial charge on any atom is 0.235 e. The van der Waals surface area contributed by atoms with Crippen molar-refractivity contribution in [2.75, 3.05) is 34.0 Å². The first-order valence-corrected chi connectivity index (χ1v) is 22.8. The summed E-state index contributed by atoms with van der Waals surface area (Å²) in [5.74, 6) is 5.07. The lowest BCUT2D eigenvalue weighted by Gasteiger charge is -2.30. The van der Waals surface area contributed by atoms with Gasteiger partial charge in [-0.05, 0) is 88.2 Å². The number of ether oxygens (including phenoxy) is 4. The van der Waals surface area contributed by atoms with Crippen LogP contribution >= 0.6 is 0 Å². The molecule has 0 aromatic heterocycles. The maximum absolute atomic E-state index is 12.4. The second kappa shape index (κ2) is 23.8. The summed E-state index contributed by atoms with van der Waals surface area (Å²) in [7, 11) is 3.33. The van der Waals surface area contributed by atoms with Gasteiger partial charge in [0.2, 0.25) is 11.8 Å². The molecule has 0 radical (unpaired) electrons. The minimum absolute atomic E-state index is 0.0221. The quantitative estimate of drug-likeness (QED) is 0.196. The van der Waals surface area contributed by atoms with Crippen LogP contribution in [0.4, 0.5) is 0 Å². The molecular formula is C53H89NO7. The molecular weight excluding hydrogens is 763 g/mol. The fourth-order valence-corrected chi connectivity index (χ4v) is 7.37. The van der Waals surface area contributed by atoms with Crippen molar-refractivity contribution < 1.29 is 33.3 Å². The maximum atomic E-state index is 12.4. The van der Waals surface area contributed by atoms with Crippen molar-refractivity contribution in [3.63, 3.8) is 0 Å². The molecule has 0 saturated carbocycles. The summed E-state index contributed by atoms with van der Waals surface area (Å²) in [6, 6.07) is 12.4. The molecule has 8 heteroatoms. The molecule has 2 atom stereocenters. The number of nitrogens with zero attached hydrogens (tertiary/aromatic N) is 1. The molecule has 2 amide bonds. The molecule has 8 nitrogen and oxygen atoms in total. The average Bonchev–Trinajstić information content (AvgIpc) is 3.32. The van der Waals surface area contributed by atoms with Gasteiger partial charge in [0.15, 0.2) is 23.0 Å². The molecule has 2 aliphatic rings. The van der Waals surface area contributed by atoms with E-state index in [-0.39, 0.29) is 28.6 Å². The molecule has 61 heavy (non-hydrogen) atoms. The third-order valence-corrected chi connectivity index (χ3v) is 10.9. The zero-order valence-corrected chi connectivity index (χ0v) is 42.6. The SMILES string of the molecule is CC(C)(C)CN1C(=O)CC(C)(C)C1=O.CC(C)(C)Cc1ccc2c(c1)OCCO2.CCC(C)C(C(=O)CC(C)(C)C)C(C)CC.COc1ccc(CCC(C)(C)C)cc1OC. The van der Waals surface area contributed by atoms with E-state index in [1.807, 2.05) is 46.8 Å². The number of imide groups is 1. The number of ketones is 1. The summed E-state index contributed by atoms with van der Waals surface area (Å²) < 4.78 is 21.5. The van der Waals surface area contributed by atoms with Crippen LogP contribution in [0.2, 0.25) is 0 Å². The number of amides is 2. The number of hydrogen-bond acceptors (Lipinski definition) is 7. The van der Waals surface area contributed by atoms with Gasteiger partial charge in [0, 0.05) is 25.3 Å². The Kier molecular flexibility index (Phi) is 21.6. The fraction of sp³-hybridized carbons (Fsp3) is 0.717. The van der Waals surface area contributed by atoms with Crippen LogP contribution in [-0.2, 0) is 27.2 Å². The largest absolute Gasteiger partial charge is 0.493 e.